The van der Waals surface area contributed by atoms with Crippen LogP contribution in [-0.4, -0.2) is 44.8 Å². The molecule has 0 aromatic carbocycles. The van der Waals surface area contributed by atoms with Crippen molar-refractivity contribution in [3.63, 3.8) is 0 Å². The van der Waals surface area contributed by atoms with Crippen LogP contribution >= 0.6 is 0 Å². The Kier molecular flexibility index (Phi) is 5.30. The third-order valence-electron chi connectivity index (χ3n) is 5.98. The number of nitrogens with zero attached hydrogens (tertiary/aromatic N) is 5. The first-order valence-electron chi connectivity index (χ1n) is 10.3. The van der Waals surface area contributed by atoms with Gasteiger partial charge in [0.2, 0.25) is 11.9 Å². The lowest BCUT2D eigenvalue weighted by atomic mass is 9.80. The normalized spacial score (nSPS) is 23.4. The van der Waals surface area contributed by atoms with Crippen LogP contribution in [0, 0.1) is 18.8 Å². The molecule has 11 heteroatoms. The van der Waals surface area contributed by atoms with Crippen LogP contribution in [0.3, 0.4) is 0 Å². The minimum absolute atomic E-state index is 0.0731. The van der Waals surface area contributed by atoms with E-state index in [1.54, 1.807) is 0 Å². The molecule has 2 aromatic rings. The van der Waals surface area contributed by atoms with Crippen molar-refractivity contribution in [1.82, 2.24) is 19.7 Å². The molecule has 2 aromatic heterocycles. The van der Waals surface area contributed by atoms with E-state index in [4.69, 9.17) is 0 Å². The molecule has 1 unspecified atom stereocenters. The lowest BCUT2D eigenvalue weighted by Gasteiger charge is -2.38. The smallest absolute Gasteiger partial charge is 0.351 e. The lowest BCUT2D eigenvalue weighted by Crippen LogP contribution is -2.50. The maximum Gasteiger partial charge on any atom is 0.433 e. The molecule has 31 heavy (non-hydrogen) atoms. The van der Waals surface area contributed by atoms with Crippen molar-refractivity contribution in [2.45, 2.75) is 58.4 Å². The highest BCUT2D eigenvalue weighted by Crippen LogP contribution is 2.37. The summed E-state index contributed by atoms with van der Waals surface area (Å²) in [6, 6.07) is 0.758. The number of hydrogen-bond acceptors (Lipinski definition) is 6. The molecular formula is C20H26F3N7O. The van der Waals surface area contributed by atoms with Crippen LogP contribution in [0.2, 0.25) is 0 Å². The molecule has 8 nitrogen and oxygen atoms in total. The predicted molar refractivity (Wildman–Crippen MR) is 110 cm³/mol. The van der Waals surface area contributed by atoms with Crippen molar-refractivity contribution in [3.8, 4) is 0 Å². The van der Waals surface area contributed by atoms with Gasteiger partial charge in [-0.05, 0) is 37.7 Å². The van der Waals surface area contributed by atoms with Crippen LogP contribution in [-0.2, 0) is 17.5 Å². The number of rotatable bonds is 5. The van der Waals surface area contributed by atoms with E-state index in [0.717, 1.165) is 10.7 Å². The van der Waals surface area contributed by atoms with Crippen LogP contribution in [0.25, 0.3) is 0 Å². The van der Waals surface area contributed by atoms with Gasteiger partial charge in [-0.2, -0.15) is 23.3 Å². The molecule has 1 amide bonds. The Bertz CT molecular complexity index is 982. The molecular weight excluding hydrogens is 411 g/mol. The number of likely N-dealkylation sites (N-methyl/N-ethyl adjacent to an activating group) is 1. The number of alkyl halides is 3. The number of aromatic nitrogens is 4. The van der Waals surface area contributed by atoms with E-state index in [1.807, 2.05) is 32.7 Å². The molecule has 1 saturated carbocycles. The zero-order valence-electron chi connectivity index (χ0n) is 17.9. The Morgan fingerprint density at radius 2 is 2.00 bits per heavy atom. The first kappa shape index (κ1) is 21.4. The fourth-order valence-electron chi connectivity index (χ4n) is 4.43. The molecule has 1 atom stereocenters. The largest absolute Gasteiger partial charge is 0.433 e. The van der Waals surface area contributed by atoms with E-state index in [1.165, 1.54) is 6.20 Å². The van der Waals surface area contributed by atoms with Gasteiger partial charge in [0.25, 0.3) is 0 Å². The van der Waals surface area contributed by atoms with Crippen molar-refractivity contribution in [3.05, 3.63) is 23.7 Å². The van der Waals surface area contributed by atoms with Crippen molar-refractivity contribution in [1.29, 1.82) is 0 Å². The van der Waals surface area contributed by atoms with Crippen molar-refractivity contribution in [2.24, 2.45) is 11.8 Å². The van der Waals surface area contributed by atoms with Crippen molar-refractivity contribution < 1.29 is 18.0 Å². The average molecular weight is 437 g/mol. The molecule has 3 heterocycles. The van der Waals surface area contributed by atoms with Gasteiger partial charge in [0.15, 0.2) is 5.82 Å². The Labute approximate surface area is 178 Å². The number of fused-ring (bicyclic) bond motifs is 1. The number of amides is 1. The van der Waals surface area contributed by atoms with Gasteiger partial charge in [-0.25, -0.2) is 4.98 Å². The predicted octanol–water partition coefficient (Wildman–Crippen LogP) is 3.30. The van der Waals surface area contributed by atoms with Crippen LogP contribution in [0.4, 0.5) is 30.6 Å². The highest BCUT2D eigenvalue weighted by Gasteiger charge is 2.38. The molecule has 168 valence electrons. The Morgan fingerprint density at radius 3 is 2.65 bits per heavy atom. The Hall–Kier alpha value is -2.85. The molecule has 0 bridgehead atoms. The summed E-state index contributed by atoms with van der Waals surface area (Å²) < 4.78 is 40.1. The van der Waals surface area contributed by atoms with Crippen LogP contribution in [0.5, 0.6) is 0 Å². The van der Waals surface area contributed by atoms with Gasteiger partial charge in [-0.1, -0.05) is 13.8 Å². The maximum absolute atomic E-state index is 13.0. The van der Waals surface area contributed by atoms with Crippen molar-refractivity contribution >= 4 is 23.4 Å². The number of halogens is 3. The molecule has 0 saturated heterocycles. The topological polar surface area (TPSA) is 88.0 Å². The SMILES string of the molecule is Cc1nc(NC2CC(Cn3nccc3C(F)(F)F)C2)nc2c1NC(=O)C(C(C)C)N2C. The summed E-state index contributed by atoms with van der Waals surface area (Å²) >= 11 is 0. The number of hydrogen-bond donors (Lipinski definition) is 2. The number of aryl methyl sites for hydroxylation is 1. The molecule has 1 fully saturated rings. The van der Waals surface area contributed by atoms with Gasteiger partial charge >= 0.3 is 6.18 Å². The van der Waals surface area contributed by atoms with E-state index in [-0.39, 0.29) is 36.4 Å². The van der Waals surface area contributed by atoms with E-state index in [9.17, 15) is 18.0 Å². The number of carbonyl (C=O) groups is 1. The van der Waals surface area contributed by atoms with Crippen molar-refractivity contribution in [2.75, 3.05) is 22.6 Å². The van der Waals surface area contributed by atoms with Gasteiger partial charge in [0.05, 0.1) is 5.69 Å². The number of nitrogens with one attached hydrogen (secondary N) is 2. The third-order valence-corrected chi connectivity index (χ3v) is 5.98. The molecule has 0 spiro atoms. The van der Waals surface area contributed by atoms with Gasteiger partial charge in [0, 0.05) is 25.8 Å². The van der Waals surface area contributed by atoms with Gasteiger partial charge in [-0.15, -0.1) is 0 Å². The molecule has 2 aliphatic rings. The second kappa shape index (κ2) is 7.69. The molecule has 4 rings (SSSR count). The first-order chi connectivity index (χ1) is 14.5. The van der Waals surface area contributed by atoms with E-state index in [0.29, 0.717) is 36.0 Å². The average Bonchev–Trinajstić information content (AvgIpc) is 3.09. The quantitative estimate of drug-likeness (QED) is 0.746. The fourth-order valence-corrected chi connectivity index (χ4v) is 4.43. The highest BCUT2D eigenvalue weighted by atomic mass is 19.4. The maximum atomic E-state index is 13.0. The summed E-state index contributed by atoms with van der Waals surface area (Å²) in [4.78, 5) is 23.4. The zero-order valence-corrected chi connectivity index (χ0v) is 17.9. The summed E-state index contributed by atoms with van der Waals surface area (Å²) in [6.45, 7) is 6.01. The van der Waals surface area contributed by atoms with Gasteiger partial charge in [-0.3, -0.25) is 9.48 Å². The summed E-state index contributed by atoms with van der Waals surface area (Å²) in [6.07, 6.45) is -1.81. The monoisotopic (exact) mass is 437 g/mol. The second-order valence-electron chi connectivity index (χ2n) is 8.70. The second-order valence-corrected chi connectivity index (χ2v) is 8.70. The number of anilines is 3. The molecule has 1 aliphatic heterocycles. The number of carbonyl (C=O) groups excluding carboxylic acids is 1. The standard InChI is InChI=1S/C20H26F3N7O/c1-10(2)16-18(31)27-15-11(3)25-19(28-17(15)29(16)4)26-13-7-12(8-13)9-30-14(5-6-24-30)20(21,22)23/h5-6,10,12-13,16H,7-9H2,1-4H3,(H,27,31)(H,25,26,28). The minimum Gasteiger partial charge on any atom is -0.351 e. The summed E-state index contributed by atoms with van der Waals surface area (Å²) in [7, 11) is 1.85. The molecule has 2 N–H and O–H groups in total. The van der Waals surface area contributed by atoms with Gasteiger partial charge < -0.3 is 15.5 Å². The Morgan fingerprint density at radius 1 is 1.29 bits per heavy atom. The minimum atomic E-state index is -4.40. The first-order valence-corrected chi connectivity index (χ1v) is 10.3. The zero-order chi connectivity index (χ0) is 22.5. The van der Waals surface area contributed by atoms with E-state index < -0.39 is 11.9 Å². The fraction of sp³-hybridized carbons (Fsp3) is 0.600. The summed E-state index contributed by atoms with van der Waals surface area (Å²) in [5, 5.41) is 10.0. The van der Waals surface area contributed by atoms with E-state index in [2.05, 4.69) is 25.7 Å². The molecule has 1 aliphatic carbocycles. The van der Waals surface area contributed by atoms with Crippen LogP contribution in [0.1, 0.15) is 38.1 Å². The van der Waals surface area contributed by atoms with Gasteiger partial charge in [0.1, 0.15) is 17.4 Å². The summed E-state index contributed by atoms with van der Waals surface area (Å²) in [5.74, 6) is 1.26. The molecule has 0 radical (unpaired) electrons. The Balaban J connectivity index is 1.42. The lowest BCUT2D eigenvalue weighted by molar-refractivity contribution is -0.144. The van der Waals surface area contributed by atoms with Crippen LogP contribution in [0.15, 0.2) is 12.3 Å². The summed E-state index contributed by atoms with van der Waals surface area (Å²) in [5.41, 5.74) is 0.555. The van der Waals surface area contributed by atoms with Crippen LogP contribution < -0.4 is 15.5 Å². The van der Waals surface area contributed by atoms with E-state index >= 15 is 0 Å². The third kappa shape index (κ3) is 4.05. The highest BCUT2D eigenvalue weighted by molar-refractivity contribution is 6.03.